The van der Waals surface area contributed by atoms with Crippen LogP contribution >= 0.6 is 11.6 Å². The summed E-state index contributed by atoms with van der Waals surface area (Å²) in [6.07, 6.45) is 0.228. The Labute approximate surface area is 127 Å². The standard InChI is InChI=1S/C16H26ClNO2/c1-12(2)19-8-9-20-15-7-6-14(17)10-13(15)11-18-16(3,4)5/h6-7,10,12,18H,8-9,11H2,1-5H3. The van der Waals surface area contributed by atoms with Crippen molar-refractivity contribution in [2.24, 2.45) is 0 Å². The highest BCUT2D eigenvalue weighted by Gasteiger charge is 2.11. The van der Waals surface area contributed by atoms with Crippen LogP contribution in [0.4, 0.5) is 0 Å². The molecule has 3 nitrogen and oxygen atoms in total. The second-order valence-corrected chi connectivity index (χ2v) is 6.56. The highest BCUT2D eigenvalue weighted by molar-refractivity contribution is 6.30. The second-order valence-electron chi connectivity index (χ2n) is 6.12. The average molecular weight is 300 g/mol. The quantitative estimate of drug-likeness (QED) is 0.771. The van der Waals surface area contributed by atoms with Gasteiger partial charge in [-0.2, -0.15) is 0 Å². The van der Waals surface area contributed by atoms with Gasteiger partial charge in [-0.1, -0.05) is 11.6 Å². The number of nitrogens with one attached hydrogen (secondary N) is 1. The first-order valence-electron chi connectivity index (χ1n) is 7.06. The number of hydrogen-bond donors (Lipinski definition) is 1. The van der Waals surface area contributed by atoms with Crippen molar-refractivity contribution in [2.45, 2.75) is 52.8 Å². The first kappa shape index (κ1) is 17.3. The van der Waals surface area contributed by atoms with Gasteiger partial charge in [0.25, 0.3) is 0 Å². The van der Waals surface area contributed by atoms with Gasteiger partial charge in [0, 0.05) is 22.7 Å². The van der Waals surface area contributed by atoms with Crippen LogP contribution in [0.15, 0.2) is 18.2 Å². The molecule has 4 heteroatoms. The van der Waals surface area contributed by atoms with Crippen molar-refractivity contribution in [3.8, 4) is 5.75 Å². The second kappa shape index (κ2) is 7.87. The minimum atomic E-state index is 0.0559. The third kappa shape index (κ3) is 7.13. The van der Waals surface area contributed by atoms with Gasteiger partial charge in [0.1, 0.15) is 12.4 Å². The predicted octanol–water partition coefficient (Wildman–Crippen LogP) is 4.03. The fraction of sp³-hybridized carbons (Fsp3) is 0.625. The van der Waals surface area contributed by atoms with Crippen molar-refractivity contribution in [3.63, 3.8) is 0 Å². The molecular formula is C16H26ClNO2. The summed E-state index contributed by atoms with van der Waals surface area (Å²) in [5.41, 5.74) is 1.12. The molecule has 0 aliphatic rings. The molecule has 0 unspecified atom stereocenters. The van der Waals surface area contributed by atoms with Gasteiger partial charge >= 0.3 is 0 Å². The Balaban J connectivity index is 2.60. The largest absolute Gasteiger partial charge is 0.491 e. The van der Waals surface area contributed by atoms with Crippen LogP contribution in [-0.4, -0.2) is 24.9 Å². The molecule has 0 aromatic heterocycles. The van der Waals surface area contributed by atoms with E-state index >= 15 is 0 Å². The Morgan fingerprint density at radius 1 is 1.20 bits per heavy atom. The Morgan fingerprint density at radius 2 is 1.90 bits per heavy atom. The molecule has 20 heavy (non-hydrogen) atoms. The van der Waals surface area contributed by atoms with Crippen molar-refractivity contribution in [1.82, 2.24) is 5.32 Å². The van der Waals surface area contributed by atoms with E-state index in [-0.39, 0.29) is 11.6 Å². The summed E-state index contributed by atoms with van der Waals surface area (Å²) in [6.45, 7) is 12.3. The molecule has 0 aliphatic carbocycles. The molecule has 1 N–H and O–H groups in total. The lowest BCUT2D eigenvalue weighted by molar-refractivity contribution is 0.0550. The van der Waals surface area contributed by atoms with E-state index in [0.717, 1.165) is 22.9 Å². The van der Waals surface area contributed by atoms with E-state index in [4.69, 9.17) is 21.1 Å². The van der Waals surface area contributed by atoms with Gasteiger partial charge in [-0.25, -0.2) is 0 Å². The summed E-state index contributed by atoms with van der Waals surface area (Å²) >= 11 is 6.06. The zero-order valence-electron chi connectivity index (χ0n) is 13.1. The Morgan fingerprint density at radius 3 is 2.50 bits per heavy atom. The van der Waals surface area contributed by atoms with Crippen LogP contribution in [-0.2, 0) is 11.3 Å². The number of hydrogen-bond acceptors (Lipinski definition) is 3. The first-order valence-corrected chi connectivity index (χ1v) is 7.43. The third-order valence-corrected chi connectivity index (χ3v) is 2.86. The molecule has 1 aromatic carbocycles. The average Bonchev–Trinajstić information content (AvgIpc) is 2.32. The molecule has 1 aromatic rings. The molecular weight excluding hydrogens is 274 g/mol. The van der Waals surface area contributed by atoms with Crippen molar-refractivity contribution in [3.05, 3.63) is 28.8 Å². The van der Waals surface area contributed by atoms with Crippen LogP contribution in [0, 0.1) is 0 Å². The molecule has 0 radical (unpaired) electrons. The maximum atomic E-state index is 6.06. The van der Waals surface area contributed by atoms with E-state index in [2.05, 4.69) is 26.1 Å². The highest BCUT2D eigenvalue weighted by Crippen LogP contribution is 2.23. The SMILES string of the molecule is CC(C)OCCOc1ccc(Cl)cc1CNC(C)(C)C. The van der Waals surface area contributed by atoms with Crippen LogP contribution in [0.5, 0.6) is 5.75 Å². The van der Waals surface area contributed by atoms with Crippen molar-refractivity contribution >= 4 is 11.6 Å². The van der Waals surface area contributed by atoms with E-state index in [1.165, 1.54) is 0 Å². The van der Waals surface area contributed by atoms with Crippen LogP contribution in [0.25, 0.3) is 0 Å². The molecule has 0 saturated carbocycles. The van der Waals surface area contributed by atoms with Crippen LogP contribution < -0.4 is 10.1 Å². The smallest absolute Gasteiger partial charge is 0.124 e. The van der Waals surface area contributed by atoms with Crippen molar-refractivity contribution in [2.75, 3.05) is 13.2 Å². The fourth-order valence-corrected chi connectivity index (χ4v) is 1.82. The molecule has 0 bridgehead atoms. The number of rotatable bonds is 7. The van der Waals surface area contributed by atoms with Crippen LogP contribution in [0.2, 0.25) is 5.02 Å². The normalized spacial score (nSPS) is 11.9. The molecule has 0 atom stereocenters. The van der Waals surface area contributed by atoms with Gasteiger partial charge in [0.15, 0.2) is 0 Å². The highest BCUT2D eigenvalue weighted by atomic mass is 35.5. The summed E-state index contributed by atoms with van der Waals surface area (Å²) in [4.78, 5) is 0. The molecule has 0 heterocycles. The maximum Gasteiger partial charge on any atom is 0.124 e. The van der Waals surface area contributed by atoms with E-state index in [0.29, 0.717) is 13.2 Å². The zero-order valence-corrected chi connectivity index (χ0v) is 13.9. The van der Waals surface area contributed by atoms with Gasteiger partial charge in [-0.3, -0.25) is 0 Å². The minimum Gasteiger partial charge on any atom is -0.491 e. The zero-order chi connectivity index (χ0) is 15.2. The molecule has 0 fully saturated rings. The fourth-order valence-electron chi connectivity index (χ4n) is 1.62. The first-order chi connectivity index (χ1) is 9.28. The van der Waals surface area contributed by atoms with Gasteiger partial charge in [-0.15, -0.1) is 0 Å². The maximum absolute atomic E-state index is 6.06. The monoisotopic (exact) mass is 299 g/mol. The van der Waals surface area contributed by atoms with Crippen molar-refractivity contribution < 1.29 is 9.47 Å². The van der Waals surface area contributed by atoms with Gasteiger partial charge < -0.3 is 14.8 Å². The molecule has 114 valence electrons. The number of halogens is 1. The summed E-state index contributed by atoms with van der Waals surface area (Å²) in [5, 5.41) is 4.17. The molecule has 0 aliphatic heterocycles. The molecule has 1 rings (SSSR count). The van der Waals surface area contributed by atoms with Gasteiger partial charge in [0.2, 0.25) is 0 Å². The Bertz CT molecular complexity index is 413. The predicted molar refractivity (Wildman–Crippen MR) is 84.6 cm³/mol. The number of benzene rings is 1. The summed E-state index contributed by atoms with van der Waals surface area (Å²) in [6, 6.07) is 5.71. The van der Waals surface area contributed by atoms with Crippen molar-refractivity contribution in [1.29, 1.82) is 0 Å². The van der Waals surface area contributed by atoms with Gasteiger partial charge in [0.05, 0.1) is 12.7 Å². The van der Waals surface area contributed by atoms with E-state index < -0.39 is 0 Å². The summed E-state index contributed by atoms with van der Waals surface area (Å²) in [7, 11) is 0. The lowest BCUT2D eigenvalue weighted by Gasteiger charge is -2.22. The van der Waals surface area contributed by atoms with Gasteiger partial charge in [-0.05, 0) is 52.8 Å². The lowest BCUT2D eigenvalue weighted by atomic mass is 10.1. The van der Waals surface area contributed by atoms with Crippen LogP contribution in [0.3, 0.4) is 0 Å². The van der Waals surface area contributed by atoms with E-state index in [9.17, 15) is 0 Å². The third-order valence-electron chi connectivity index (χ3n) is 2.62. The molecule has 0 spiro atoms. The topological polar surface area (TPSA) is 30.5 Å². The minimum absolute atomic E-state index is 0.0559. The Hall–Kier alpha value is -0.770. The molecule has 0 saturated heterocycles. The van der Waals surface area contributed by atoms with Crippen LogP contribution in [0.1, 0.15) is 40.2 Å². The molecule has 0 amide bonds. The summed E-state index contributed by atoms with van der Waals surface area (Å²) in [5.74, 6) is 0.860. The van der Waals surface area contributed by atoms with E-state index in [1.807, 2.05) is 32.0 Å². The summed E-state index contributed by atoms with van der Waals surface area (Å²) < 4.78 is 11.3. The Kier molecular flexibility index (Phi) is 6.80. The lowest BCUT2D eigenvalue weighted by Crippen LogP contribution is -2.35. The van der Waals surface area contributed by atoms with E-state index in [1.54, 1.807) is 0 Å². The number of ether oxygens (including phenoxy) is 2.